The molecule has 1 fully saturated rings. The summed E-state index contributed by atoms with van der Waals surface area (Å²) in [6, 6.07) is -0.278. The number of nitrogens with one attached hydrogen (secondary N) is 2. The first-order chi connectivity index (χ1) is 19.5. The highest BCUT2D eigenvalue weighted by atomic mass is 19.1. The van der Waals surface area contributed by atoms with Crippen molar-refractivity contribution in [3.05, 3.63) is 41.5 Å². The molecule has 1 heterocycles. The van der Waals surface area contributed by atoms with E-state index in [2.05, 4.69) is 20.4 Å². The van der Waals surface area contributed by atoms with Crippen molar-refractivity contribution < 1.29 is 42.2 Å². The molecule has 1 saturated heterocycles. The molecule has 0 bridgehead atoms. The number of carbonyl (C=O) groups excluding carboxylic acids is 5. The molecular formula is C28H36F2N4O7. The van der Waals surface area contributed by atoms with Gasteiger partial charge >= 0.3 is 18.0 Å². The van der Waals surface area contributed by atoms with Crippen LogP contribution in [0.5, 0.6) is 0 Å². The summed E-state index contributed by atoms with van der Waals surface area (Å²) in [4.78, 5) is 67.3. The first-order valence-corrected chi connectivity index (χ1v) is 13.4. The van der Waals surface area contributed by atoms with Crippen LogP contribution in [0.25, 0.3) is 6.08 Å². The lowest BCUT2D eigenvalue weighted by Gasteiger charge is -2.21. The van der Waals surface area contributed by atoms with Gasteiger partial charge in [-0.25, -0.2) is 28.2 Å². The predicted octanol–water partition coefficient (Wildman–Crippen LogP) is 2.92. The van der Waals surface area contributed by atoms with E-state index in [0.29, 0.717) is 32.0 Å². The minimum atomic E-state index is -1.46. The molecule has 0 aliphatic carbocycles. The zero-order valence-corrected chi connectivity index (χ0v) is 23.4. The standard InChI is InChI=1S/C28H36F2N4O7/c1-4-5-6-7-12-31-28(39)33-22(11-10-19-14-20(29)16-21(30)15-19)25(36)32-23(26(37)40-3)17-41-27(38)24-9-8-13-34(24)18(2)35/h10-11,14-16,22,24H,4-9,12-13,17H2,1-3H3,(H2,31,33,39)/b11-10-,32-23?. The summed E-state index contributed by atoms with van der Waals surface area (Å²) in [7, 11) is 1.04. The van der Waals surface area contributed by atoms with E-state index < -0.39 is 59.9 Å². The molecule has 1 aliphatic heterocycles. The Bertz CT molecular complexity index is 1150. The van der Waals surface area contributed by atoms with Crippen LogP contribution >= 0.6 is 0 Å². The second kappa shape index (κ2) is 16.8. The molecule has 224 valence electrons. The van der Waals surface area contributed by atoms with E-state index in [4.69, 9.17) is 4.74 Å². The number of unbranched alkanes of at least 4 members (excludes halogenated alkanes) is 3. The van der Waals surface area contributed by atoms with Crippen LogP contribution in [-0.4, -0.2) is 79.3 Å². The molecule has 13 heteroatoms. The number of esters is 2. The second-order valence-electron chi connectivity index (χ2n) is 9.37. The van der Waals surface area contributed by atoms with Crippen molar-refractivity contribution in [1.82, 2.24) is 15.5 Å². The predicted molar refractivity (Wildman–Crippen MR) is 146 cm³/mol. The fourth-order valence-corrected chi connectivity index (χ4v) is 4.10. The summed E-state index contributed by atoms with van der Waals surface area (Å²) in [5.41, 5.74) is -0.491. The quantitative estimate of drug-likeness (QED) is 0.208. The molecule has 4 amide bonds. The number of benzene rings is 1. The maximum atomic E-state index is 13.6. The zero-order chi connectivity index (χ0) is 30.4. The monoisotopic (exact) mass is 578 g/mol. The Labute approximate surface area is 237 Å². The number of rotatable bonds is 13. The number of urea groups is 1. The Morgan fingerprint density at radius 3 is 2.46 bits per heavy atom. The number of aliphatic imine (C=N–C) groups is 1. The summed E-state index contributed by atoms with van der Waals surface area (Å²) in [5.74, 6) is -4.86. The number of halogens is 2. The number of nitrogens with zero attached hydrogens (tertiary/aromatic N) is 2. The average molecular weight is 579 g/mol. The van der Waals surface area contributed by atoms with Crippen LogP contribution in [-0.2, 0) is 28.7 Å². The van der Waals surface area contributed by atoms with Gasteiger partial charge in [0.2, 0.25) is 5.91 Å². The number of ether oxygens (including phenoxy) is 2. The number of likely N-dealkylation sites (tertiary alicyclic amines) is 1. The molecule has 2 unspecified atom stereocenters. The number of hydrogen-bond donors (Lipinski definition) is 2. The van der Waals surface area contributed by atoms with Gasteiger partial charge < -0.3 is 25.0 Å². The zero-order valence-electron chi connectivity index (χ0n) is 23.4. The first-order valence-electron chi connectivity index (χ1n) is 13.4. The van der Waals surface area contributed by atoms with E-state index in [1.165, 1.54) is 17.9 Å². The smallest absolute Gasteiger partial charge is 0.356 e. The minimum Gasteiger partial charge on any atom is -0.464 e. The maximum absolute atomic E-state index is 13.6. The molecule has 1 aromatic carbocycles. The van der Waals surface area contributed by atoms with Crippen molar-refractivity contribution in [2.75, 3.05) is 26.8 Å². The molecule has 11 nitrogen and oxygen atoms in total. The van der Waals surface area contributed by atoms with Crippen molar-refractivity contribution in [3.63, 3.8) is 0 Å². The van der Waals surface area contributed by atoms with Crippen LogP contribution in [0.2, 0.25) is 0 Å². The lowest BCUT2D eigenvalue weighted by atomic mass is 10.1. The highest BCUT2D eigenvalue weighted by Crippen LogP contribution is 2.18. The van der Waals surface area contributed by atoms with Gasteiger partial charge in [-0.1, -0.05) is 38.3 Å². The van der Waals surface area contributed by atoms with E-state index >= 15 is 0 Å². The first kappa shape index (κ1) is 33.0. The topological polar surface area (TPSA) is 143 Å². The molecule has 0 aromatic heterocycles. The molecule has 0 saturated carbocycles. The molecule has 1 aromatic rings. The largest absolute Gasteiger partial charge is 0.464 e. The molecule has 0 spiro atoms. The molecule has 1 aliphatic rings. The third-order valence-corrected chi connectivity index (χ3v) is 6.18. The number of methoxy groups -OCH3 is 1. The SMILES string of the molecule is CCCCCCNC(=O)NC(/C=C\c1cc(F)cc(F)c1)C(=O)N=C(COC(=O)C1CCCN1C(C)=O)C(=O)OC. The number of carbonyl (C=O) groups is 5. The van der Waals surface area contributed by atoms with Gasteiger partial charge in [0, 0.05) is 26.1 Å². The highest BCUT2D eigenvalue weighted by molar-refractivity contribution is 6.39. The Morgan fingerprint density at radius 1 is 1.12 bits per heavy atom. The van der Waals surface area contributed by atoms with Crippen LogP contribution in [0.1, 0.15) is 57.9 Å². The van der Waals surface area contributed by atoms with Crippen molar-refractivity contribution >= 4 is 41.6 Å². The number of hydrogen-bond acceptors (Lipinski definition) is 7. The lowest BCUT2D eigenvalue weighted by molar-refractivity contribution is -0.151. The van der Waals surface area contributed by atoms with Crippen LogP contribution in [0.3, 0.4) is 0 Å². The fourth-order valence-electron chi connectivity index (χ4n) is 4.10. The molecular weight excluding hydrogens is 542 g/mol. The van der Waals surface area contributed by atoms with Crippen molar-refractivity contribution in [2.45, 2.75) is 64.5 Å². The molecule has 2 rings (SSSR count). The maximum Gasteiger partial charge on any atom is 0.356 e. The molecule has 0 radical (unpaired) electrons. The Hall–Kier alpha value is -4.16. The summed E-state index contributed by atoms with van der Waals surface area (Å²) in [6.07, 6.45) is 6.98. The van der Waals surface area contributed by atoms with E-state index in [0.717, 1.165) is 51.0 Å². The van der Waals surface area contributed by atoms with Gasteiger partial charge in [0.25, 0.3) is 5.91 Å². The Morgan fingerprint density at radius 2 is 1.83 bits per heavy atom. The average Bonchev–Trinajstić information content (AvgIpc) is 3.42. The Balaban J connectivity index is 2.22. The third-order valence-electron chi connectivity index (χ3n) is 6.18. The van der Waals surface area contributed by atoms with Gasteiger partial charge in [0.05, 0.1) is 7.11 Å². The van der Waals surface area contributed by atoms with E-state index in [1.807, 2.05) is 6.92 Å². The van der Waals surface area contributed by atoms with Gasteiger partial charge in [0.15, 0.2) is 5.71 Å². The van der Waals surface area contributed by atoms with Gasteiger partial charge in [0.1, 0.15) is 30.3 Å². The molecule has 41 heavy (non-hydrogen) atoms. The van der Waals surface area contributed by atoms with Gasteiger partial charge in [-0.2, -0.15) is 0 Å². The van der Waals surface area contributed by atoms with Crippen LogP contribution < -0.4 is 10.6 Å². The summed E-state index contributed by atoms with van der Waals surface area (Å²) in [5, 5.41) is 5.03. The van der Waals surface area contributed by atoms with Crippen LogP contribution in [0, 0.1) is 11.6 Å². The second-order valence-corrected chi connectivity index (χ2v) is 9.37. The van der Waals surface area contributed by atoms with Crippen molar-refractivity contribution in [1.29, 1.82) is 0 Å². The molecule has 2 atom stereocenters. The molecule has 2 N–H and O–H groups in total. The van der Waals surface area contributed by atoms with E-state index in [1.54, 1.807) is 0 Å². The lowest BCUT2D eigenvalue weighted by Crippen LogP contribution is -2.45. The highest BCUT2D eigenvalue weighted by Gasteiger charge is 2.34. The number of amides is 4. The van der Waals surface area contributed by atoms with E-state index in [-0.39, 0.29) is 11.5 Å². The van der Waals surface area contributed by atoms with Crippen LogP contribution in [0.15, 0.2) is 29.3 Å². The van der Waals surface area contributed by atoms with Gasteiger partial charge in [-0.05, 0) is 37.0 Å². The minimum absolute atomic E-state index is 0.0692. The van der Waals surface area contributed by atoms with E-state index in [9.17, 15) is 32.8 Å². The van der Waals surface area contributed by atoms with Crippen LogP contribution in [0.4, 0.5) is 13.6 Å². The van der Waals surface area contributed by atoms with Gasteiger partial charge in [-0.3, -0.25) is 9.59 Å². The van der Waals surface area contributed by atoms with Crippen molar-refractivity contribution in [2.24, 2.45) is 4.99 Å². The summed E-state index contributed by atoms with van der Waals surface area (Å²) in [6.45, 7) is 3.38. The third kappa shape index (κ3) is 11.1. The summed E-state index contributed by atoms with van der Waals surface area (Å²) < 4.78 is 37.1. The summed E-state index contributed by atoms with van der Waals surface area (Å²) >= 11 is 0. The normalized spacial score (nSPS) is 15.9. The Kier molecular flexibility index (Phi) is 13.6. The fraction of sp³-hybridized carbons (Fsp3) is 0.500. The van der Waals surface area contributed by atoms with Gasteiger partial charge in [-0.15, -0.1) is 0 Å². The van der Waals surface area contributed by atoms with Crippen molar-refractivity contribution in [3.8, 4) is 0 Å².